The molecule has 5 nitrogen and oxygen atoms in total. The number of aliphatic hydroxyl groups is 1. The molecule has 0 aliphatic carbocycles. The van der Waals surface area contributed by atoms with Crippen LogP contribution in [0.25, 0.3) is 0 Å². The van der Waals surface area contributed by atoms with E-state index in [9.17, 15) is 4.79 Å². The number of nitrogens with two attached hydrogens (primary N) is 1. The Bertz CT molecular complexity index is 183. The first-order valence-corrected chi connectivity index (χ1v) is 4.69. The highest BCUT2D eigenvalue weighted by Crippen LogP contribution is 2.17. The van der Waals surface area contributed by atoms with Gasteiger partial charge in [0.25, 0.3) is 0 Å². The fourth-order valence-electron chi connectivity index (χ4n) is 1.04. The van der Waals surface area contributed by atoms with E-state index in [2.05, 4.69) is 5.32 Å². The van der Waals surface area contributed by atoms with Crippen molar-refractivity contribution < 1.29 is 15.0 Å². The van der Waals surface area contributed by atoms with E-state index in [0.717, 1.165) is 0 Å². The number of carbonyl (C=O) groups is 1. The Morgan fingerprint density at radius 3 is 2.57 bits per heavy atom. The number of hydrogen-bond donors (Lipinski definition) is 4. The number of carboxylic acid groups (broad SMARTS) is 1. The number of aliphatic carboxylic acids is 1. The van der Waals surface area contributed by atoms with E-state index in [1.807, 2.05) is 13.8 Å². The molecule has 0 amide bonds. The first kappa shape index (κ1) is 13.4. The Balaban J connectivity index is 3.67. The SMILES string of the molecule is CC(C)(CCO)CNCC(N)C(=O)O. The lowest BCUT2D eigenvalue weighted by Crippen LogP contribution is -2.43. The number of hydrogen-bond acceptors (Lipinski definition) is 4. The van der Waals surface area contributed by atoms with E-state index >= 15 is 0 Å². The zero-order valence-corrected chi connectivity index (χ0v) is 8.79. The third-order valence-corrected chi connectivity index (χ3v) is 2.07. The third kappa shape index (κ3) is 5.90. The van der Waals surface area contributed by atoms with Crippen LogP contribution in [0.4, 0.5) is 0 Å². The summed E-state index contributed by atoms with van der Waals surface area (Å²) in [5.41, 5.74) is 5.27. The minimum atomic E-state index is -1.00. The Morgan fingerprint density at radius 2 is 2.14 bits per heavy atom. The summed E-state index contributed by atoms with van der Waals surface area (Å²) in [7, 11) is 0. The van der Waals surface area contributed by atoms with Crippen molar-refractivity contribution in [1.29, 1.82) is 0 Å². The maximum Gasteiger partial charge on any atom is 0.321 e. The van der Waals surface area contributed by atoms with Gasteiger partial charge < -0.3 is 21.3 Å². The molecule has 84 valence electrons. The van der Waals surface area contributed by atoms with Gasteiger partial charge in [0.05, 0.1) is 0 Å². The molecule has 0 spiro atoms. The number of rotatable bonds is 7. The lowest BCUT2D eigenvalue weighted by atomic mass is 9.90. The molecule has 0 bridgehead atoms. The second-order valence-electron chi connectivity index (χ2n) is 4.21. The highest BCUT2D eigenvalue weighted by molar-refractivity contribution is 5.73. The summed E-state index contributed by atoms with van der Waals surface area (Å²) in [4.78, 5) is 10.4. The van der Waals surface area contributed by atoms with Crippen LogP contribution in [0, 0.1) is 5.41 Å². The molecular weight excluding hydrogens is 184 g/mol. The molecule has 0 aliphatic heterocycles. The molecule has 0 fully saturated rings. The molecule has 0 aromatic heterocycles. The van der Waals surface area contributed by atoms with Gasteiger partial charge in [-0.25, -0.2) is 0 Å². The van der Waals surface area contributed by atoms with Gasteiger partial charge in [0.15, 0.2) is 0 Å². The maximum atomic E-state index is 10.4. The van der Waals surface area contributed by atoms with Crippen LogP contribution in [0.2, 0.25) is 0 Å². The van der Waals surface area contributed by atoms with Crippen molar-refractivity contribution in [3.05, 3.63) is 0 Å². The third-order valence-electron chi connectivity index (χ3n) is 2.07. The topological polar surface area (TPSA) is 95.6 Å². The smallest absolute Gasteiger partial charge is 0.321 e. The van der Waals surface area contributed by atoms with Crippen LogP contribution in [-0.4, -0.2) is 41.9 Å². The summed E-state index contributed by atoms with van der Waals surface area (Å²) < 4.78 is 0. The van der Waals surface area contributed by atoms with Crippen molar-refractivity contribution in [2.45, 2.75) is 26.3 Å². The molecule has 0 saturated carbocycles. The zero-order valence-electron chi connectivity index (χ0n) is 8.79. The first-order chi connectivity index (χ1) is 6.39. The van der Waals surface area contributed by atoms with Crippen molar-refractivity contribution in [1.82, 2.24) is 5.32 Å². The average molecular weight is 204 g/mol. The number of carboxylic acids is 1. The van der Waals surface area contributed by atoms with Gasteiger partial charge in [-0.15, -0.1) is 0 Å². The summed E-state index contributed by atoms with van der Waals surface area (Å²) in [6.07, 6.45) is 0.683. The number of aliphatic hydroxyl groups excluding tert-OH is 1. The minimum absolute atomic E-state index is 0.0347. The summed E-state index contributed by atoms with van der Waals surface area (Å²) in [5, 5.41) is 20.2. The van der Waals surface area contributed by atoms with Crippen LogP contribution in [0.5, 0.6) is 0 Å². The van der Waals surface area contributed by atoms with Gasteiger partial charge in [0.2, 0.25) is 0 Å². The molecule has 1 unspecified atom stereocenters. The van der Waals surface area contributed by atoms with Crippen LogP contribution in [0.1, 0.15) is 20.3 Å². The average Bonchev–Trinajstić information content (AvgIpc) is 2.03. The Labute approximate surface area is 84.3 Å². The van der Waals surface area contributed by atoms with Gasteiger partial charge in [-0.3, -0.25) is 4.79 Å². The van der Waals surface area contributed by atoms with E-state index in [1.54, 1.807) is 0 Å². The molecule has 0 aliphatic rings. The molecular formula is C9H20N2O3. The fraction of sp³-hybridized carbons (Fsp3) is 0.889. The first-order valence-electron chi connectivity index (χ1n) is 4.69. The predicted molar refractivity (Wildman–Crippen MR) is 54.0 cm³/mol. The van der Waals surface area contributed by atoms with E-state index < -0.39 is 12.0 Å². The zero-order chi connectivity index (χ0) is 11.2. The Hall–Kier alpha value is -0.650. The van der Waals surface area contributed by atoms with Crippen molar-refractivity contribution in [3.63, 3.8) is 0 Å². The van der Waals surface area contributed by atoms with Crippen molar-refractivity contribution in [3.8, 4) is 0 Å². The van der Waals surface area contributed by atoms with Crippen LogP contribution < -0.4 is 11.1 Å². The van der Waals surface area contributed by atoms with Gasteiger partial charge >= 0.3 is 5.97 Å². The normalized spacial score (nSPS) is 14.0. The second kappa shape index (κ2) is 5.95. The molecule has 5 heteroatoms. The monoisotopic (exact) mass is 204 g/mol. The van der Waals surface area contributed by atoms with Crippen molar-refractivity contribution >= 4 is 5.97 Å². The summed E-state index contributed by atoms with van der Waals surface area (Å²) >= 11 is 0. The quantitative estimate of drug-likeness (QED) is 0.444. The molecule has 5 N–H and O–H groups in total. The lowest BCUT2D eigenvalue weighted by Gasteiger charge is -2.24. The molecule has 0 aromatic carbocycles. The van der Waals surface area contributed by atoms with Gasteiger partial charge in [-0.2, -0.15) is 0 Å². The van der Waals surface area contributed by atoms with Gasteiger partial charge in [-0.1, -0.05) is 13.8 Å². The largest absolute Gasteiger partial charge is 0.480 e. The molecule has 0 rings (SSSR count). The van der Waals surface area contributed by atoms with Crippen LogP contribution in [0.3, 0.4) is 0 Å². The van der Waals surface area contributed by atoms with Gasteiger partial charge in [0, 0.05) is 19.7 Å². The van der Waals surface area contributed by atoms with E-state index in [-0.39, 0.29) is 18.6 Å². The van der Waals surface area contributed by atoms with E-state index in [1.165, 1.54) is 0 Å². The van der Waals surface area contributed by atoms with E-state index in [0.29, 0.717) is 13.0 Å². The predicted octanol–water partition coefficient (Wildman–Crippen LogP) is -0.603. The summed E-state index contributed by atoms with van der Waals surface area (Å²) in [6.45, 7) is 5.05. The molecule has 14 heavy (non-hydrogen) atoms. The lowest BCUT2D eigenvalue weighted by molar-refractivity contribution is -0.138. The van der Waals surface area contributed by atoms with E-state index in [4.69, 9.17) is 15.9 Å². The van der Waals surface area contributed by atoms with Crippen LogP contribution in [0.15, 0.2) is 0 Å². The summed E-state index contributed by atoms with van der Waals surface area (Å²) in [6, 6.07) is -0.861. The fourth-order valence-corrected chi connectivity index (χ4v) is 1.04. The Morgan fingerprint density at radius 1 is 1.57 bits per heavy atom. The van der Waals surface area contributed by atoms with Gasteiger partial charge in [0.1, 0.15) is 6.04 Å². The highest BCUT2D eigenvalue weighted by Gasteiger charge is 2.18. The summed E-state index contributed by atoms with van der Waals surface area (Å²) in [5.74, 6) is -1.00. The standard InChI is InChI=1S/C9H20N2O3/c1-9(2,3-4-12)6-11-5-7(10)8(13)14/h7,11-12H,3-6,10H2,1-2H3,(H,13,14). The maximum absolute atomic E-state index is 10.4. The molecule has 1 atom stereocenters. The highest BCUT2D eigenvalue weighted by atomic mass is 16.4. The second-order valence-corrected chi connectivity index (χ2v) is 4.21. The molecule has 0 radical (unpaired) electrons. The van der Waals surface area contributed by atoms with Crippen molar-refractivity contribution in [2.24, 2.45) is 11.1 Å². The van der Waals surface area contributed by atoms with Gasteiger partial charge in [-0.05, 0) is 11.8 Å². The molecule has 0 aromatic rings. The molecule has 0 heterocycles. The minimum Gasteiger partial charge on any atom is -0.480 e. The Kier molecular flexibility index (Phi) is 5.68. The van der Waals surface area contributed by atoms with Crippen molar-refractivity contribution in [2.75, 3.05) is 19.7 Å². The van der Waals surface area contributed by atoms with Crippen LogP contribution in [-0.2, 0) is 4.79 Å². The number of nitrogens with one attached hydrogen (secondary N) is 1. The van der Waals surface area contributed by atoms with Crippen LogP contribution >= 0.6 is 0 Å². The molecule has 0 saturated heterocycles.